The highest BCUT2D eigenvalue weighted by atomic mass is 15.1. The van der Waals surface area contributed by atoms with E-state index in [0.717, 1.165) is 19.6 Å². The van der Waals surface area contributed by atoms with E-state index in [0.29, 0.717) is 6.04 Å². The molecule has 1 heterocycles. The van der Waals surface area contributed by atoms with Crippen molar-refractivity contribution in [1.29, 1.82) is 0 Å². The van der Waals surface area contributed by atoms with Crippen molar-refractivity contribution < 1.29 is 0 Å². The normalized spacial score (nSPS) is 17.0. The monoisotopic (exact) mass is 176 g/mol. The number of rotatable bonds is 3. The summed E-state index contributed by atoms with van der Waals surface area (Å²) in [6, 6.07) is 9.34. The van der Waals surface area contributed by atoms with Crippen LogP contribution in [0.25, 0.3) is 0 Å². The van der Waals surface area contributed by atoms with Crippen molar-refractivity contribution >= 4 is 0 Å². The zero-order chi connectivity index (χ0) is 9.10. The van der Waals surface area contributed by atoms with E-state index in [1.54, 1.807) is 0 Å². The SMILES string of the molecule is Cc1cccc(CNC2CNC2)c1. The summed E-state index contributed by atoms with van der Waals surface area (Å²) >= 11 is 0. The molecule has 1 aliphatic heterocycles. The largest absolute Gasteiger partial charge is 0.314 e. The highest BCUT2D eigenvalue weighted by molar-refractivity contribution is 5.22. The first kappa shape index (κ1) is 8.73. The van der Waals surface area contributed by atoms with Gasteiger partial charge in [-0.1, -0.05) is 29.8 Å². The first-order valence-corrected chi connectivity index (χ1v) is 4.84. The molecule has 1 fully saturated rings. The lowest BCUT2D eigenvalue weighted by Gasteiger charge is -2.28. The van der Waals surface area contributed by atoms with Crippen LogP contribution in [0.15, 0.2) is 24.3 Å². The van der Waals surface area contributed by atoms with Crippen molar-refractivity contribution in [2.75, 3.05) is 13.1 Å². The molecule has 0 saturated carbocycles. The molecule has 0 aliphatic carbocycles. The number of benzene rings is 1. The minimum atomic E-state index is 0.681. The van der Waals surface area contributed by atoms with Crippen molar-refractivity contribution in [2.45, 2.75) is 19.5 Å². The summed E-state index contributed by atoms with van der Waals surface area (Å²) in [7, 11) is 0. The first-order chi connectivity index (χ1) is 6.34. The van der Waals surface area contributed by atoms with Gasteiger partial charge in [-0.05, 0) is 12.5 Å². The summed E-state index contributed by atoms with van der Waals surface area (Å²) in [6.07, 6.45) is 0. The third kappa shape index (κ3) is 2.29. The van der Waals surface area contributed by atoms with Crippen LogP contribution in [0, 0.1) is 6.92 Å². The molecule has 2 N–H and O–H groups in total. The number of nitrogens with one attached hydrogen (secondary N) is 2. The summed E-state index contributed by atoms with van der Waals surface area (Å²) < 4.78 is 0. The van der Waals surface area contributed by atoms with Gasteiger partial charge in [0.15, 0.2) is 0 Å². The molecule has 0 spiro atoms. The van der Waals surface area contributed by atoms with E-state index in [4.69, 9.17) is 0 Å². The minimum Gasteiger partial charge on any atom is -0.314 e. The van der Waals surface area contributed by atoms with Gasteiger partial charge in [0.05, 0.1) is 0 Å². The van der Waals surface area contributed by atoms with Crippen LogP contribution in [0.2, 0.25) is 0 Å². The van der Waals surface area contributed by atoms with Crippen molar-refractivity contribution in [3.63, 3.8) is 0 Å². The van der Waals surface area contributed by atoms with Crippen LogP contribution < -0.4 is 10.6 Å². The maximum absolute atomic E-state index is 3.50. The lowest BCUT2D eigenvalue weighted by Crippen LogP contribution is -2.54. The van der Waals surface area contributed by atoms with Crippen LogP contribution >= 0.6 is 0 Å². The predicted molar refractivity (Wildman–Crippen MR) is 54.7 cm³/mol. The Bertz CT molecular complexity index is 279. The summed E-state index contributed by atoms with van der Waals surface area (Å²) in [4.78, 5) is 0. The molecular formula is C11H16N2. The number of aryl methyl sites for hydroxylation is 1. The van der Waals surface area contributed by atoms with E-state index < -0.39 is 0 Å². The topological polar surface area (TPSA) is 24.1 Å². The molecule has 0 atom stereocenters. The van der Waals surface area contributed by atoms with Crippen LogP contribution in [0.3, 0.4) is 0 Å². The zero-order valence-electron chi connectivity index (χ0n) is 8.01. The summed E-state index contributed by atoms with van der Waals surface area (Å²) in [5, 5.41) is 6.75. The van der Waals surface area contributed by atoms with Crippen molar-refractivity contribution in [3.8, 4) is 0 Å². The van der Waals surface area contributed by atoms with E-state index in [1.165, 1.54) is 11.1 Å². The van der Waals surface area contributed by atoms with Crippen LogP contribution in [-0.4, -0.2) is 19.1 Å². The first-order valence-electron chi connectivity index (χ1n) is 4.84. The van der Waals surface area contributed by atoms with Crippen LogP contribution in [0.1, 0.15) is 11.1 Å². The van der Waals surface area contributed by atoms with E-state index in [-0.39, 0.29) is 0 Å². The molecule has 0 unspecified atom stereocenters. The average Bonchev–Trinajstić information content (AvgIpc) is 2.01. The molecule has 2 nitrogen and oxygen atoms in total. The lowest BCUT2D eigenvalue weighted by atomic mass is 10.1. The molecule has 2 heteroatoms. The van der Waals surface area contributed by atoms with Crippen molar-refractivity contribution in [2.24, 2.45) is 0 Å². The van der Waals surface area contributed by atoms with Crippen molar-refractivity contribution in [3.05, 3.63) is 35.4 Å². The number of hydrogen-bond donors (Lipinski definition) is 2. The Balaban J connectivity index is 1.86. The molecule has 1 aromatic rings. The second-order valence-corrected chi connectivity index (χ2v) is 3.73. The Labute approximate surface area is 79.4 Å². The van der Waals surface area contributed by atoms with Crippen LogP contribution in [0.5, 0.6) is 0 Å². The van der Waals surface area contributed by atoms with Crippen molar-refractivity contribution in [1.82, 2.24) is 10.6 Å². The Hall–Kier alpha value is -0.860. The van der Waals surface area contributed by atoms with Gasteiger partial charge in [0.1, 0.15) is 0 Å². The highest BCUT2D eigenvalue weighted by Crippen LogP contribution is 2.04. The zero-order valence-corrected chi connectivity index (χ0v) is 8.01. The molecule has 70 valence electrons. The molecule has 1 aromatic carbocycles. The quantitative estimate of drug-likeness (QED) is 0.719. The second-order valence-electron chi connectivity index (χ2n) is 3.73. The number of hydrogen-bond acceptors (Lipinski definition) is 2. The van der Waals surface area contributed by atoms with Gasteiger partial charge in [0.2, 0.25) is 0 Å². The second kappa shape index (κ2) is 3.90. The van der Waals surface area contributed by atoms with E-state index in [9.17, 15) is 0 Å². The minimum absolute atomic E-state index is 0.681. The van der Waals surface area contributed by atoms with Crippen LogP contribution in [0.4, 0.5) is 0 Å². The fraction of sp³-hybridized carbons (Fsp3) is 0.455. The summed E-state index contributed by atoms with van der Waals surface area (Å²) in [5.74, 6) is 0. The molecule has 0 bridgehead atoms. The van der Waals surface area contributed by atoms with Gasteiger partial charge in [-0.2, -0.15) is 0 Å². The molecule has 2 rings (SSSR count). The van der Waals surface area contributed by atoms with Gasteiger partial charge in [-0.3, -0.25) is 0 Å². The third-order valence-corrected chi connectivity index (χ3v) is 2.46. The van der Waals surface area contributed by atoms with Gasteiger partial charge in [-0.15, -0.1) is 0 Å². The maximum Gasteiger partial charge on any atom is 0.0320 e. The van der Waals surface area contributed by atoms with Gasteiger partial charge in [0, 0.05) is 25.7 Å². The fourth-order valence-electron chi connectivity index (χ4n) is 1.52. The fourth-order valence-corrected chi connectivity index (χ4v) is 1.52. The summed E-state index contributed by atoms with van der Waals surface area (Å²) in [6.45, 7) is 5.36. The molecule has 1 aliphatic rings. The molecule has 13 heavy (non-hydrogen) atoms. The van der Waals surface area contributed by atoms with E-state index in [1.807, 2.05) is 0 Å². The third-order valence-electron chi connectivity index (χ3n) is 2.46. The smallest absolute Gasteiger partial charge is 0.0320 e. The Morgan fingerprint density at radius 1 is 1.46 bits per heavy atom. The maximum atomic E-state index is 3.50. The van der Waals surface area contributed by atoms with Gasteiger partial charge in [-0.25, -0.2) is 0 Å². The molecular weight excluding hydrogens is 160 g/mol. The average molecular weight is 176 g/mol. The Morgan fingerprint density at radius 3 is 2.92 bits per heavy atom. The van der Waals surface area contributed by atoms with Gasteiger partial charge >= 0.3 is 0 Å². The predicted octanol–water partition coefficient (Wildman–Crippen LogP) is 1.06. The van der Waals surface area contributed by atoms with Crippen LogP contribution in [-0.2, 0) is 6.54 Å². The lowest BCUT2D eigenvalue weighted by molar-refractivity contribution is 0.365. The molecule has 0 aromatic heterocycles. The highest BCUT2D eigenvalue weighted by Gasteiger charge is 2.14. The van der Waals surface area contributed by atoms with E-state index in [2.05, 4.69) is 41.8 Å². The molecule has 0 radical (unpaired) electrons. The van der Waals surface area contributed by atoms with Gasteiger partial charge in [0.25, 0.3) is 0 Å². The van der Waals surface area contributed by atoms with Gasteiger partial charge < -0.3 is 10.6 Å². The Kier molecular flexibility index (Phi) is 2.62. The standard InChI is InChI=1S/C11H16N2/c1-9-3-2-4-10(5-9)6-13-11-7-12-8-11/h2-5,11-13H,6-8H2,1H3. The summed E-state index contributed by atoms with van der Waals surface area (Å²) in [5.41, 5.74) is 2.72. The van der Waals surface area contributed by atoms with E-state index >= 15 is 0 Å². The Morgan fingerprint density at radius 2 is 2.31 bits per heavy atom. The molecule has 1 saturated heterocycles. The molecule has 0 amide bonds.